The molecule has 5 rings (SSSR count). The maximum Gasteiger partial charge on any atom is 0.398 e. The number of alkyl halides is 3. The van der Waals surface area contributed by atoms with Crippen molar-refractivity contribution in [2.45, 2.75) is 62.6 Å². The molecule has 3 N–H and O–H groups in total. The molecule has 2 aliphatic heterocycles. The van der Waals surface area contributed by atoms with Crippen LogP contribution in [-0.4, -0.2) is 39.9 Å². The Labute approximate surface area is 211 Å². The molecule has 1 aliphatic carbocycles. The molecule has 2 unspecified atom stereocenters. The van der Waals surface area contributed by atoms with Crippen molar-refractivity contribution in [3.63, 3.8) is 0 Å². The van der Waals surface area contributed by atoms with Crippen LogP contribution in [0.1, 0.15) is 59.7 Å². The third-order valence-corrected chi connectivity index (χ3v) is 7.41. The number of aliphatic hydroxyl groups excluding tert-OH is 1. The fraction of sp³-hybridized carbons (Fsp3) is 0.370. The summed E-state index contributed by atoms with van der Waals surface area (Å²) in [6.07, 6.45) is -1.58. The van der Waals surface area contributed by atoms with Crippen molar-refractivity contribution >= 4 is 23.8 Å². The Balaban J connectivity index is 1.16. The predicted molar refractivity (Wildman–Crippen MR) is 127 cm³/mol. The quantitative estimate of drug-likeness (QED) is 0.407. The van der Waals surface area contributed by atoms with Gasteiger partial charge in [-0.05, 0) is 53.2 Å². The number of benzene rings is 2. The van der Waals surface area contributed by atoms with E-state index >= 15 is 0 Å². The molecule has 1 saturated heterocycles. The van der Waals surface area contributed by atoms with Gasteiger partial charge in [0.2, 0.25) is 17.7 Å². The van der Waals surface area contributed by atoms with Crippen molar-refractivity contribution in [2.24, 2.45) is 0 Å². The fourth-order valence-electron chi connectivity index (χ4n) is 5.09. The second kappa shape index (κ2) is 9.42. The predicted octanol–water partition coefficient (Wildman–Crippen LogP) is 3.22. The van der Waals surface area contributed by atoms with Gasteiger partial charge in [0, 0.05) is 25.6 Å². The molecular formula is C27H26F3N3O4. The fourth-order valence-corrected chi connectivity index (χ4v) is 5.09. The number of nitrogens with one attached hydrogen (secondary N) is 2. The number of carbonyl (C=O) groups excluding carboxylic acids is 3. The van der Waals surface area contributed by atoms with Gasteiger partial charge in [-0.1, -0.05) is 42.5 Å². The maximum atomic E-state index is 13.3. The SMILES string of the molecule is O=C(/C=C/c1ccc(C2(C(F)(F)F)CC2)cc1)NCc1ccc2c(c1)CN(C1CCC(=O)NC1=O)C2O. The Morgan fingerprint density at radius 1 is 1.16 bits per heavy atom. The van der Waals surface area contributed by atoms with Gasteiger partial charge >= 0.3 is 6.18 Å². The number of piperidine rings is 1. The molecule has 7 nitrogen and oxygen atoms in total. The van der Waals surface area contributed by atoms with E-state index in [1.165, 1.54) is 18.2 Å². The van der Waals surface area contributed by atoms with Gasteiger partial charge in [-0.2, -0.15) is 13.2 Å². The van der Waals surface area contributed by atoms with Gasteiger partial charge in [0.25, 0.3) is 0 Å². The molecule has 2 aromatic carbocycles. The van der Waals surface area contributed by atoms with Crippen LogP contribution in [0.2, 0.25) is 0 Å². The van der Waals surface area contributed by atoms with Crippen molar-refractivity contribution in [2.75, 3.05) is 0 Å². The Hall–Kier alpha value is -3.50. The number of rotatable bonds is 6. The van der Waals surface area contributed by atoms with Gasteiger partial charge in [-0.15, -0.1) is 0 Å². The third-order valence-electron chi connectivity index (χ3n) is 7.41. The molecule has 0 bridgehead atoms. The summed E-state index contributed by atoms with van der Waals surface area (Å²) in [7, 11) is 0. The minimum Gasteiger partial charge on any atom is -0.374 e. The topological polar surface area (TPSA) is 98.7 Å². The average molecular weight is 514 g/mol. The highest BCUT2D eigenvalue weighted by atomic mass is 19.4. The molecule has 0 aromatic heterocycles. The molecule has 194 valence electrons. The van der Waals surface area contributed by atoms with Gasteiger partial charge in [-0.25, -0.2) is 0 Å². The number of imide groups is 1. The van der Waals surface area contributed by atoms with Crippen LogP contribution in [0.3, 0.4) is 0 Å². The Morgan fingerprint density at radius 2 is 1.89 bits per heavy atom. The lowest BCUT2D eigenvalue weighted by Gasteiger charge is -2.31. The molecular weight excluding hydrogens is 487 g/mol. The monoisotopic (exact) mass is 513 g/mol. The van der Waals surface area contributed by atoms with E-state index in [-0.39, 0.29) is 43.2 Å². The summed E-state index contributed by atoms with van der Waals surface area (Å²) in [6.45, 7) is 0.577. The van der Waals surface area contributed by atoms with Crippen molar-refractivity contribution < 1.29 is 32.7 Å². The number of halogens is 3. The molecule has 10 heteroatoms. The van der Waals surface area contributed by atoms with Crippen molar-refractivity contribution in [3.05, 3.63) is 76.4 Å². The lowest BCUT2D eigenvalue weighted by molar-refractivity contribution is -0.160. The van der Waals surface area contributed by atoms with Crippen molar-refractivity contribution in [1.82, 2.24) is 15.5 Å². The van der Waals surface area contributed by atoms with Crippen LogP contribution in [0.25, 0.3) is 6.08 Å². The summed E-state index contributed by atoms with van der Waals surface area (Å²) in [5, 5.41) is 15.8. The number of hydrogen-bond donors (Lipinski definition) is 3. The first-order valence-corrected chi connectivity index (χ1v) is 12.1. The van der Waals surface area contributed by atoms with Crippen LogP contribution in [0.5, 0.6) is 0 Å². The van der Waals surface area contributed by atoms with Crippen molar-refractivity contribution in [3.8, 4) is 0 Å². The molecule has 2 fully saturated rings. The molecule has 2 atom stereocenters. The lowest BCUT2D eigenvalue weighted by Crippen LogP contribution is -2.51. The van der Waals surface area contributed by atoms with Gasteiger partial charge in [-0.3, -0.25) is 24.6 Å². The minimum absolute atomic E-state index is 0.102. The Morgan fingerprint density at radius 3 is 2.54 bits per heavy atom. The highest BCUT2D eigenvalue weighted by molar-refractivity contribution is 6.00. The van der Waals surface area contributed by atoms with Gasteiger partial charge in [0.15, 0.2) is 0 Å². The first-order chi connectivity index (χ1) is 17.6. The van der Waals surface area contributed by atoms with E-state index in [0.717, 1.165) is 11.1 Å². The molecule has 3 aliphatic rings. The molecule has 37 heavy (non-hydrogen) atoms. The van der Waals surface area contributed by atoms with Crippen molar-refractivity contribution in [1.29, 1.82) is 0 Å². The first kappa shape index (κ1) is 25.2. The number of aliphatic hydroxyl groups is 1. The van der Waals surface area contributed by atoms with Crippen LogP contribution in [-0.2, 0) is 32.9 Å². The summed E-state index contributed by atoms with van der Waals surface area (Å²) >= 11 is 0. The minimum atomic E-state index is -4.26. The highest BCUT2D eigenvalue weighted by Gasteiger charge is 2.64. The van der Waals surface area contributed by atoms with Gasteiger partial charge in [0.05, 0.1) is 11.5 Å². The first-order valence-electron chi connectivity index (χ1n) is 12.1. The van der Waals surface area contributed by atoms with E-state index in [1.54, 1.807) is 35.2 Å². The Bertz CT molecular complexity index is 1270. The third kappa shape index (κ3) is 4.91. The summed E-state index contributed by atoms with van der Waals surface area (Å²) < 4.78 is 39.8. The largest absolute Gasteiger partial charge is 0.398 e. The zero-order chi connectivity index (χ0) is 26.4. The standard InChI is InChI=1S/C27H26F3N3O4/c28-27(29,30)26(11-12-26)19-5-1-16(2-6-19)4-9-22(34)31-14-17-3-7-20-18(13-17)15-33(25(20)37)21-8-10-23(35)32-24(21)36/h1-7,9,13,21,25,37H,8,10-12,14-15H2,(H,31,34)(H,32,35,36)/b9-4+. The highest BCUT2D eigenvalue weighted by Crippen LogP contribution is 2.58. The summed E-state index contributed by atoms with van der Waals surface area (Å²) in [5.41, 5.74) is 1.48. The second-order valence-electron chi connectivity index (χ2n) is 9.80. The van der Waals surface area contributed by atoms with E-state index in [2.05, 4.69) is 10.6 Å². The van der Waals surface area contributed by atoms with E-state index in [1.807, 2.05) is 6.07 Å². The van der Waals surface area contributed by atoms with Crippen LogP contribution >= 0.6 is 0 Å². The normalized spacial score (nSPS) is 23.1. The van der Waals surface area contributed by atoms with Crippen LogP contribution in [0.4, 0.5) is 13.2 Å². The number of amides is 3. The van der Waals surface area contributed by atoms with E-state index in [9.17, 15) is 32.7 Å². The van der Waals surface area contributed by atoms with E-state index in [4.69, 9.17) is 0 Å². The summed E-state index contributed by atoms with van der Waals surface area (Å²) in [6, 6.07) is 10.9. The van der Waals surface area contributed by atoms with Crippen LogP contribution in [0.15, 0.2) is 48.5 Å². The second-order valence-corrected chi connectivity index (χ2v) is 9.80. The Kier molecular flexibility index (Phi) is 6.41. The molecule has 0 radical (unpaired) electrons. The summed E-state index contributed by atoms with van der Waals surface area (Å²) in [5.74, 6) is -1.09. The molecule has 2 heterocycles. The lowest BCUT2D eigenvalue weighted by atomic mass is 9.94. The average Bonchev–Trinajstić information content (AvgIpc) is 3.62. The number of fused-ring (bicyclic) bond motifs is 1. The molecule has 1 saturated carbocycles. The van der Waals surface area contributed by atoms with Gasteiger partial charge < -0.3 is 10.4 Å². The van der Waals surface area contributed by atoms with E-state index in [0.29, 0.717) is 24.1 Å². The number of hydrogen-bond acceptors (Lipinski definition) is 5. The summed E-state index contributed by atoms with van der Waals surface area (Å²) in [4.78, 5) is 37.6. The van der Waals surface area contributed by atoms with Crippen LogP contribution < -0.4 is 10.6 Å². The number of carbonyl (C=O) groups is 3. The number of nitrogens with zero attached hydrogens (tertiary/aromatic N) is 1. The zero-order valence-corrected chi connectivity index (χ0v) is 19.8. The molecule has 3 amide bonds. The smallest absolute Gasteiger partial charge is 0.374 e. The molecule has 2 aromatic rings. The van der Waals surface area contributed by atoms with Gasteiger partial charge in [0.1, 0.15) is 6.23 Å². The van der Waals surface area contributed by atoms with E-state index < -0.39 is 29.8 Å². The van der Waals surface area contributed by atoms with Crippen LogP contribution in [0, 0.1) is 0 Å². The maximum absolute atomic E-state index is 13.3. The molecule has 0 spiro atoms. The zero-order valence-electron chi connectivity index (χ0n) is 19.8.